The van der Waals surface area contributed by atoms with E-state index in [1.54, 1.807) is 29.2 Å². The van der Waals surface area contributed by atoms with E-state index in [1.807, 2.05) is 24.3 Å². The second-order valence-corrected chi connectivity index (χ2v) is 6.90. The second-order valence-electron chi connectivity index (χ2n) is 6.46. The highest BCUT2D eigenvalue weighted by Crippen LogP contribution is 2.22. The Hall–Kier alpha value is -3.32. The van der Waals surface area contributed by atoms with E-state index in [1.165, 1.54) is 0 Å². The van der Waals surface area contributed by atoms with E-state index in [-0.39, 0.29) is 5.91 Å². The summed E-state index contributed by atoms with van der Waals surface area (Å²) < 4.78 is 0. The minimum Gasteiger partial charge on any atom is -0.478 e. The number of carboxylic acid groups (broad SMARTS) is 1. The minimum atomic E-state index is -1.22. The Balaban J connectivity index is 1.66. The van der Waals surface area contributed by atoms with E-state index in [0.717, 1.165) is 17.8 Å². The number of carbonyl (C=O) groups excluding carboxylic acids is 2. The Bertz CT molecular complexity index is 935. The summed E-state index contributed by atoms with van der Waals surface area (Å²) in [5.74, 6) is -2.01. The molecule has 2 aromatic rings. The first kappa shape index (κ1) is 20.4. The number of piperazine rings is 1. The van der Waals surface area contributed by atoms with Crippen molar-refractivity contribution in [3.8, 4) is 0 Å². The summed E-state index contributed by atoms with van der Waals surface area (Å²) in [5.41, 5.74) is 1.77. The van der Waals surface area contributed by atoms with Crippen LogP contribution in [0.1, 0.15) is 10.4 Å². The van der Waals surface area contributed by atoms with Gasteiger partial charge >= 0.3 is 5.97 Å². The van der Waals surface area contributed by atoms with E-state index in [2.05, 4.69) is 10.2 Å². The molecule has 8 heteroatoms. The molecule has 0 unspecified atom stereocenters. The van der Waals surface area contributed by atoms with Gasteiger partial charge < -0.3 is 20.2 Å². The molecule has 7 nitrogen and oxygen atoms in total. The van der Waals surface area contributed by atoms with Gasteiger partial charge in [0.25, 0.3) is 5.91 Å². The maximum Gasteiger partial charge on any atom is 0.328 e. The average Bonchev–Trinajstić information content (AvgIpc) is 2.73. The van der Waals surface area contributed by atoms with Crippen LogP contribution in [-0.4, -0.2) is 54.0 Å². The smallest absolute Gasteiger partial charge is 0.328 e. The van der Waals surface area contributed by atoms with Crippen molar-refractivity contribution in [2.75, 3.05) is 36.4 Å². The summed E-state index contributed by atoms with van der Waals surface area (Å²) in [6.45, 7) is 2.46. The first-order valence-corrected chi connectivity index (χ1v) is 9.42. The monoisotopic (exact) mass is 413 g/mol. The van der Waals surface area contributed by atoms with Crippen molar-refractivity contribution in [1.82, 2.24) is 4.90 Å². The molecule has 2 N–H and O–H groups in total. The summed E-state index contributed by atoms with van der Waals surface area (Å²) in [5, 5.41) is 11.9. The van der Waals surface area contributed by atoms with Crippen LogP contribution in [0.15, 0.2) is 60.7 Å². The summed E-state index contributed by atoms with van der Waals surface area (Å²) in [7, 11) is 0. The molecular weight excluding hydrogens is 394 g/mol. The van der Waals surface area contributed by atoms with Crippen molar-refractivity contribution >= 4 is 40.8 Å². The summed E-state index contributed by atoms with van der Waals surface area (Å²) in [4.78, 5) is 39.3. The number of amides is 2. The molecule has 0 saturated carbocycles. The largest absolute Gasteiger partial charge is 0.478 e. The summed E-state index contributed by atoms with van der Waals surface area (Å²) in [6, 6.07) is 14.3. The third-order valence-corrected chi connectivity index (χ3v) is 4.80. The lowest BCUT2D eigenvalue weighted by molar-refractivity contribution is -0.131. The number of rotatable bonds is 5. The van der Waals surface area contributed by atoms with Crippen LogP contribution in [0.25, 0.3) is 0 Å². The van der Waals surface area contributed by atoms with Gasteiger partial charge in [0.15, 0.2) is 0 Å². The predicted molar refractivity (Wildman–Crippen MR) is 111 cm³/mol. The minimum absolute atomic E-state index is 0.182. The molecule has 2 aromatic carbocycles. The Morgan fingerprint density at radius 1 is 0.931 bits per heavy atom. The van der Waals surface area contributed by atoms with E-state index in [9.17, 15) is 14.4 Å². The average molecular weight is 414 g/mol. The fraction of sp³-hybridized carbons (Fsp3) is 0.190. The lowest BCUT2D eigenvalue weighted by Gasteiger charge is -2.36. The van der Waals surface area contributed by atoms with E-state index < -0.39 is 11.9 Å². The number of para-hydroxylation sites is 1. The van der Waals surface area contributed by atoms with Crippen LogP contribution in [0.4, 0.5) is 11.4 Å². The van der Waals surface area contributed by atoms with Crippen LogP contribution in [0.3, 0.4) is 0 Å². The van der Waals surface area contributed by atoms with Gasteiger partial charge in [0.05, 0.1) is 11.3 Å². The number of nitrogens with zero attached hydrogens (tertiary/aromatic N) is 2. The molecule has 1 heterocycles. The first-order valence-electron chi connectivity index (χ1n) is 9.05. The van der Waals surface area contributed by atoms with Gasteiger partial charge in [-0.2, -0.15) is 0 Å². The number of hydrogen-bond acceptors (Lipinski definition) is 4. The van der Waals surface area contributed by atoms with Crippen LogP contribution in [0.2, 0.25) is 5.02 Å². The highest BCUT2D eigenvalue weighted by atomic mass is 35.5. The highest BCUT2D eigenvalue weighted by molar-refractivity contribution is 6.30. The lowest BCUT2D eigenvalue weighted by atomic mass is 10.1. The molecule has 150 valence electrons. The van der Waals surface area contributed by atoms with Crippen LogP contribution in [-0.2, 0) is 9.59 Å². The Morgan fingerprint density at radius 3 is 2.24 bits per heavy atom. The molecule has 29 heavy (non-hydrogen) atoms. The lowest BCUT2D eigenvalue weighted by Crippen LogP contribution is -2.48. The third kappa shape index (κ3) is 5.36. The second kappa shape index (κ2) is 9.25. The van der Waals surface area contributed by atoms with Crippen molar-refractivity contribution in [3.63, 3.8) is 0 Å². The van der Waals surface area contributed by atoms with Gasteiger partial charge in [-0.05, 0) is 36.4 Å². The fourth-order valence-electron chi connectivity index (χ4n) is 3.09. The van der Waals surface area contributed by atoms with E-state index in [4.69, 9.17) is 16.7 Å². The number of benzene rings is 2. The number of hydrogen-bond donors (Lipinski definition) is 2. The molecule has 0 aromatic heterocycles. The third-order valence-electron chi connectivity index (χ3n) is 4.55. The maximum atomic E-state index is 13.0. The Kier molecular flexibility index (Phi) is 6.51. The standard InChI is InChI=1S/C21H20ClN3O4/c22-15-5-7-16(8-6-15)24-11-13-25(14-12-24)21(29)17-3-1-2-4-18(17)23-19(26)9-10-20(27)28/h1-10H,11-14H2,(H,23,26)(H,27,28)/b10-9+. The molecule has 0 aliphatic carbocycles. The Labute approximate surface area is 173 Å². The molecule has 0 bridgehead atoms. The Morgan fingerprint density at radius 2 is 1.59 bits per heavy atom. The van der Waals surface area contributed by atoms with Crippen LogP contribution in [0, 0.1) is 0 Å². The fourth-order valence-corrected chi connectivity index (χ4v) is 3.22. The van der Waals surface area contributed by atoms with Gasteiger partial charge in [-0.3, -0.25) is 9.59 Å². The van der Waals surface area contributed by atoms with Gasteiger partial charge in [-0.15, -0.1) is 0 Å². The number of carboxylic acids is 1. The van der Waals surface area contributed by atoms with Crippen LogP contribution in [0.5, 0.6) is 0 Å². The number of nitrogens with one attached hydrogen (secondary N) is 1. The molecular formula is C21H20ClN3O4. The molecule has 0 radical (unpaired) electrons. The van der Waals surface area contributed by atoms with E-state index >= 15 is 0 Å². The molecule has 1 fully saturated rings. The zero-order valence-corrected chi connectivity index (χ0v) is 16.3. The maximum absolute atomic E-state index is 13.0. The van der Waals surface area contributed by atoms with Crippen LogP contribution < -0.4 is 10.2 Å². The van der Waals surface area contributed by atoms with Gasteiger partial charge in [0.2, 0.25) is 5.91 Å². The molecule has 1 aliphatic rings. The zero-order valence-electron chi connectivity index (χ0n) is 15.5. The summed E-state index contributed by atoms with van der Waals surface area (Å²) >= 11 is 5.93. The van der Waals surface area contributed by atoms with Crippen molar-refractivity contribution in [2.45, 2.75) is 0 Å². The molecule has 3 rings (SSSR count). The van der Waals surface area contributed by atoms with Gasteiger partial charge in [-0.1, -0.05) is 23.7 Å². The topological polar surface area (TPSA) is 89.9 Å². The molecule has 1 saturated heterocycles. The quantitative estimate of drug-likeness (QED) is 0.735. The van der Waals surface area contributed by atoms with Gasteiger partial charge in [0, 0.05) is 49.0 Å². The van der Waals surface area contributed by atoms with Crippen LogP contribution >= 0.6 is 11.6 Å². The molecule has 1 aliphatic heterocycles. The number of carbonyl (C=O) groups is 3. The highest BCUT2D eigenvalue weighted by Gasteiger charge is 2.24. The first-order chi connectivity index (χ1) is 13.9. The van der Waals surface area contributed by atoms with Crippen molar-refractivity contribution in [2.24, 2.45) is 0 Å². The van der Waals surface area contributed by atoms with Crippen molar-refractivity contribution in [3.05, 3.63) is 71.3 Å². The van der Waals surface area contributed by atoms with Crippen molar-refractivity contribution in [1.29, 1.82) is 0 Å². The zero-order chi connectivity index (χ0) is 20.8. The van der Waals surface area contributed by atoms with Gasteiger partial charge in [0.1, 0.15) is 0 Å². The number of halogens is 1. The summed E-state index contributed by atoms with van der Waals surface area (Å²) in [6.07, 6.45) is 1.66. The molecule has 2 amide bonds. The molecule has 0 atom stereocenters. The number of anilines is 2. The normalized spacial score (nSPS) is 14.1. The number of aliphatic carboxylic acids is 1. The van der Waals surface area contributed by atoms with Crippen molar-refractivity contribution < 1.29 is 19.5 Å². The predicted octanol–water partition coefficient (Wildman–Crippen LogP) is 2.88. The van der Waals surface area contributed by atoms with E-state index in [0.29, 0.717) is 42.5 Å². The SMILES string of the molecule is O=C(O)/C=C/C(=O)Nc1ccccc1C(=O)N1CCN(c2ccc(Cl)cc2)CC1. The molecule has 0 spiro atoms. The van der Waals surface area contributed by atoms with Gasteiger partial charge in [-0.25, -0.2) is 4.79 Å².